The van der Waals surface area contributed by atoms with Crippen LogP contribution in [0.3, 0.4) is 0 Å². The molecule has 7 aromatic rings. The summed E-state index contributed by atoms with van der Waals surface area (Å²) in [6.45, 7) is 0. The molecule has 0 aromatic heterocycles. The number of fused-ring (bicyclic) bond motifs is 4. The average Bonchev–Trinajstić information content (AvgIpc) is 3.49. The van der Waals surface area contributed by atoms with Crippen molar-refractivity contribution in [1.82, 2.24) is 5.32 Å². The van der Waals surface area contributed by atoms with Crippen molar-refractivity contribution in [3.8, 4) is 0 Å². The molecule has 0 fully saturated rings. The van der Waals surface area contributed by atoms with Crippen molar-refractivity contribution in [2.75, 3.05) is 0 Å². The van der Waals surface area contributed by atoms with Crippen LogP contribution in [0.1, 0.15) is 56.6 Å². The molecule has 52 heavy (non-hydrogen) atoms. The van der Waals surface area contributed by atoms with E-state index in [-0.39, 0.29) is 12.1 Å². The molecule has 9 rings (SSSR count). The van der Waals surface area contributed by atoms with Crippen LogP contribution < -0.4 is 21.2 Å². The molecular weight excluding hydrogens is 760 g/mol. The fraction of sp³-hybridized carbons (Fsp3) is 0.0417. The predicted molar refractivity (Wildman–Crippen MR) is 221 cm³/mol. The molecule has 0 radical (unpaired) electrons. The van der Waals surface area contributed by atoms with Crippen LogP contribution in [0.25, 0.3) is 24.3 Å². The molecule has 0 spiro atoms. The van der Waals surface area contributed by atoms with Crippen molar-refractivity contribution in [3.05, 3.63) is 233 Å². The van der Waals surface area contributed by atoms with E-state index < -0.39 is 7.92 Å². The molecule has 0 bridgehead atoms. The summed E-state index contributed by atoms with van der Waals surface area (Å²) in [6, 6.07) is 67.4. The topological polar surface area (TPSA) is 12.0 Å². The standard InChI is InChI=1S/C30H23N.C18H15P.ClH.Rh/c1-5-13-25-21(9-1)17-18-22-10-2-6-14-26(22)29(25)31-30-27-15-7-3-11-23(27)19-20-24-12-4-8-16-28(24)30;1-4-10-16(11-5-1)19(17-12-6-2-7-13-17)18-14-8-3-9-15-18;;/h1-20,29-31H;1-15H;1H;/q;;;+1/p-1. The van der Waals surface area contributed by atoms with Crippen molar-refractivity contribution in [2.24, 2.45) is 0 Å². The summed E-state index contributed by atoms with van der Waals surface area (Å²) in [7, 11) is 4.08. The van der Waals surface area contributed by atoms with Crippen molar-refractivity contribution in [3.63, 3.8) is 0 Å². The van der Waals surface area contributed by atoms with Gasteiger partial charge in [-0.05, 0) is 68.3 Å². The summed E-state index contributed by atoms with van der Waals surface area (Å²) in [4.78, 5) is 0. The Balaban J connectivity index is 0.000000172. The van der Waals surface area contributed by atoms with E-state index in [1.807, 2.05) is 17.3 Å². The number of hydrogen-bond acceptors (Lipinski definition) is 1. The predicted octanol–water partition coefficient (Wildman–Crippen LogP) is 11.3. The fourth-order valence-electron chi connectivity index (χ4n) is 7.10. The van der Waals surface area contributed by atoms with E-state index in [0.717, 1.165) is 0 Å². The van der Waals surface area contributed by atoms with Crippen LogP contribution in [0.4, 0.5) is 0 Å². The third-order valence-corrected chi connectivity index (χ3v) is 11.9. The zero-order valence-corrected chi connectivity index (χ0v) is 31.8. The van der Waals surface area contributed by atoms with E-state index in [1.165, 1.54) is 60.4 Å². The maximum absolute atomic E-state index is 4.53. The van der Waals surface area contributed by atoms with E-state index in [9.17, 15) is 0 Å². The van der Waals surface area contributed by atoms with Gasteiger partial charge in [0.05, 0.1) is 12.1 Å². The smallest absolute Gasteiger partial charge is 0.0134 e. The SMILES string of the molecule is C1=Cc2ccccc2C(NC2c3ccccc3C=Cc3ccccc32)c2ccccc21.[Cl][Rh].c1ccc(P(c2ccccc2)c2ccccc2)cc1. The molecule has 4 heteroatoms. The molecule has 0 amide bonds. The van der Waals surface area contributed by atoms with E-state index in [2.05, 4.69) is 227 Å². The Labute approximate surface area is 323 Å². The molecule has 1 N–H and O–H groups in total. The second kappa shape index (κ2) is 17.7. The van der Waals surface area contributed by atoms with Gasteiger partial charge in [0.1, 0.15) is 0 Å². The number of hydrogen-bond donors (Lipinski definition) is 1. The Morgan fingerprint density at radius 1 is 0.327 bits per heavy atom. The van der Waals surface area contributed by atoms with Crippen LogP contribution in [-0.2, 0) is 17.3 Å². The van der Waals surface area contributed by atoms with Gasteiger partial charge < -0.3 is 0 Å². The summed E-state index contributed by atoms with van der Waals surface area (Å²) in [6.07, 6.45) is 8.97. The molecule has 0 saturated carbocycles. The molecule has 256 valence electrons. The maximum atomic E-state index is 4.53. The molecule has 0 aliphatic heterocycles. The molecule has 2 aliphatic rings. The Morgan fingerprint density at radius 2 is 0.558 bits per heavy atom. The van der Waals surface area contributed by atoms with Crippen molar-refractivity contribution in [1.29, 1.82) is 0 Å². The number of halogens is 1. The first-order valence-corrected chi connectivity index (χ1v) is 20.8. The van der Waals surface area contributed by atoms with Gasteiger partial charge >= 0.3 is 27.0 Å². The third-order valence-electron chi connectivity index (χ3n) is 9.49. The minimum atomic E-state index is -0.446. The number of benzene rings is 7. The largest absolute Gasteiger partial charge is 0.0622 e. The van der Waals surface area contributed by atoms with Crippen LogP contribution in [0.2, 0.25) is 0 Å². The zero-order valence-electron chi connectivity index (χ0n) is 28.5. The zero-order chi connectivity index (χ0) is 35.5. The minimum Gasteiger partial charge on any atom is -0.0622 e. The molecule has 1 nitrogen and oxygen atoms in total. The van der Waals surface area contributed by atoms with E-state index in [0.29, 0.717) is 0 Å². The van der Waals surface area contributed by atoms with Gasteiger partial charge in [-0.1, -0.05) is 212 Å². The Kier molecular flexibility index (Phi) is 12.2. The first-order valence-electron chi connectivity index (χ1n) is 17.4. The Morgan fingerprint density at radius 3 is 0.827 bits per heavy atom. The van der Waals surface area contributed by atoms with Gasteiger partial charge in [0.2, 0.25) is 0 Å². The van der Waals surface area contributed by atoms with Crippen LogP contribution in [0.15, 0.2) is 188 Å². The van der Waals surface area contributed by atoms with Gasteiger partial charge in [0.15, 0.2) is 0 Å². The van der Waals surface area contributed by atoms with Gasteiger partial charge in [0.25, 0.3) is 0 Å². The van der Waals surface area contributed by atoms with Crippen LogP contribution in [0.5, 0.6) is 0 Å². The van der Waals surface area contributed by atoms with Gasteiger partial charge in [-0.3, -0.25) is 5.32 Å². The van der Waals surface area contributed by atoms with Gasteiger partial charge in [0, 0.05) is 0 Å². The monoisotopic (exact) mass is 797 g/mol. The second-order valence-corrected chi connectivity index (χ2v) is 14.8. The Bertz CT molecular complexity index is 1970. The van der Waals surface area contributed by atoms with E-state index in [4.69, 9.17) is 0 Å². The van der Waals surface area contributed by atoms with Gasteiger partial charge in [-0.25, -0.2) is 0 Å². The molecule has 7 aromatic carbocycles. The number of nitrogens with one attached hydrogen (secondary N) is 1. The molecule has 2 aliphatic carbocycles. The van der Waals surface area contributed by atoms with E-state index in [1.54, 1.807) is 0 Å². The summed E-state index contributed by atoms with van der Waals surface area (Å²) in [5.41, 5.74) is 10.3. The molecular formula is C48H38ClNPRh. The molecule has 0 unspecified atom stereocenters. The van der Waals surface area contributed by atoms with E-state index >= 15 is 0 Å². The first-order chi connectivity index (χ1) is 25.8. The minimum absolute atomic E-state index is 0.0895. The maximum Gasteiger partial charge on any atom is -0.0134 e. The summed E-state index contributed by atoms with van der Waals surface area (Å²) >= 11 is 2.02. The first kappa shape index (κ1) is 35.7. The van der Waals surface area contributed by atoms with Crippen molar-refractivity contribution >= 4 is 57.8 Å². The number of rotatable bonds is 5. The van der Waals surface area contributed by atoms with Crippen molar-refractivity contribution in [2.45, 2.75) is 12.1 Å². The summed E-state index contributed by atoms with van der Waals surface area (Å²) in [5, 5.41) is 8.28. The van der Waals surface area contributed by atoms with Crippen LogP contribution >= 0.6 is 17.6 Å². The second-order valence-electron chi connectivity index (χ2n) is 12.6. The molecule has 0 heterocycles. The summed E-state index contributed by atoms with van der Waals surface area (Å²) < 4.78 is 0. The normalized spacial score (nSPS) is 12.8. The molecule has 0 saturated heterocycles. The van der Waals surface area contributed by atoms with Gasteiger partial charge in [-0.15, -0.1) is 0 Å². The fourth-order valence-corrected chi connectivity index (χ4v) is 9.41. The van der Waals surface area contributed by atoms with Gasteiger partial charge in [-0.2, -0.15) is 0 Å². The van der Waals surface area contributed by atoms with Crippen molar-refractivity contribution < 1.29 is 17.3 Å². The van der Waals surface area contributed by atoms with Crippen LogP contribution in [0, 0.1) is 0 Å². The third kappa shape index (κ3) is 8.03. The quantitative estimate of drug-likeness (QED) is 0.135. The van der Waals surface area contributed by atoms with Crippen LogP contribution in [-0.4, -0.2) is 0 Å². The average molecular weight is 798 g/mol. The molecule has 0 atom stereocenters. The summed E-state index contributed by atoms with van der Waals surface area (Å²) in [5.74, 6) is 0. The Hall–Kier alpha value is -4.68.